The van der Waals surface area contributed by atoms with Crippen LogP contribution in [0.15, 0.2) is 41.3 Å². The van der Waals surface area contributed by atoms with E-state index in [-0.39, 0.29) is 16.6 Å². The van der Waals surface area contributed by atoms with E-state index in [1.54, 1.807) is 11.8 Å². The average Bonchev–Trinajstić information content (AvgIpc) is 2.96. The lowest BCUT2D eigenvalue weighted by molar-refractivity contribution is -0.116. The third-order valence-electron chi connectivity index (χ3n) is 3.50. The monoisotopic (exact) mass is 378 g/mol. The van der Waals surface area contributed by atoms with Crippen molar-refractivity contribution < 1.29 is 13.6 Å². The Morgan fingerprint density at radius 2 is 2.00 bits per heavy atom. The van der Waals surface area contributed by atoms with E-state index in [4.69, 9.17) is 0 Å². The van der Waals surface area contributed by atoms with E-state index in [0.29, 0.717) is 11.1 Å². The summed E-state index contributed by atoms with van der Waals surface area (Å²) in [4.78, 5) is 17.2. The van der Waals surface area contributed by atoms with Crippen molar-refractivity contribution in [1.29, 1.82) is 0 Å². The van der Waals surface area contributed by atoms with Crippen molar-refractivity contribution in [2.45, 2.75) is 24.7 Å². The number of benzene rings is 2. The number of thioether (sulfide) groups is 1. The molecular formula is C18H16F2N2OS2. The Balaban J connectivity index is 1.49. The summed E-state index contributed by atoms with van der Waals surface area (Å²) in [6.45, 7) is 2.04. The second-order valence-electron chi connectivity index (χ2n) is 5.57. The maximum absolute atomic E-state index is 13.6. The lowest BCUT2D eigenvalue weighted by Gasteiger charge is -2.03. The molecule has 0 atom stereocenters. The van der Waals surface area contributed by atoms with Gasteiger partial charge in [-0.05, 0) is 37.3 Å². The van der Waals surface area contributed by atoms with Gasteiger partial charge in [-0.2, -0.15) is 0 Å². The summed E-state index contributed by atoms with van der Waals surface area (Å²) >= 11 is 2.76. The predicted octanol–water partition coefficient (Wildman–Crippen LogP) is 5.39. The molecule has 0 aliphatic carbocycles. The van der Waals surface area contributed by atoms with E-state index in [2.05, 4.69) is 34.6 Å². The van der Waals surface area contributed by atoms with Crippen LogP contribution in [0, 0.1) is 18.6 Å². The number of aromatic nitrogens is 1. The fourth-order valence-electron chi connectivity index (χ4n) is 2.25. The highest BCUT2D eigenvalue weighted by atomic mass is 32.2. The number of nitrogens with zero attached hydrogens (tertiary/aromatic N) is 1. The number of carbonyl (C=O) groups is 1. The molecule has 0 unspecified atom stereocenters. The quantitative estimate of drug-likeness (QED) is 0.462. The lowest BCUT2D eigenvalue weighted by atomic mass is 10.2. The molecule has 3 nitrogen and oxygen atoms in total. The highest BCUT2D eigenvalue weighted by Crippen LogP contribution is 2.29. The highest BCUT2D eigenvalue weighted by Gasteiger charge is 2.12. The van der Waals surface area contributed by atoms with Gasteiger partial charge in [0.1, 0.15) is 11.3 Å². The standard InChI is InChI=1S/C18H16F2N2OS2/c1-11-4-6-13(7-5-11)24-8-2-3-16(23)21-18-22-17-14(20)9-12(19)10-15(17)25-18/h4-7,9-10H,2-3,8H2,1H3,(H,21,22,23). The van der Waals surface area contributed by atoms with Crippen LogP contribution in [0.4, 0.5) is 13.9 Å². The van der Waals surface area contributed by atoms with Gasteiger partial charge in [-0.15, -0.1) is 11.8 Å². The van der Waals surface area contributed by atoms with E-state index in [9.17, 15) is 13.6 Å². The maximum Gasteiger partial charge on any atom is 0.226 e. The zero-order chi connectivity index (χ0) is 17.8. The Morgan fingerprint density at radius 3 is 2.76 bits per heavy atom. The Kier molecular flexibility index (Phi) is 5.65. The molecule has 0 saturated heterocycles. The molecule has 2 aromatic carbocycles. The fourth-order valence-corrected chi connectivity index (χ4v) is 4.02. The zero-order valence-electron chi connectivity index (χ0n) is 13.5. The summed E-state index contributed by atoms with van der Waals surface area (Å²) in [5.74, 6) is -0.721. The third-order valence-corrected chi connectivity index (χ3v) is 5.51. The Hall–Kier alpha value is -1.99. The normalized spacial score (nSPS) is 11.0. The van der Waals surface area contributed by atoms with Gasteiger partial charge in [-0.1, -0.05) is 29.0 Å². The average molecular weight is 378 g/mol. The number of hydrogen-bond donors (Lipinski definition) is 1. The van der Waals surface area contributed by atoms with Crippen molar-refractivity contribution in [3.05, 3.63) is 53.6 Å². The number of carbonyl (C=O) groups excluding carboxylic acids is 1. The molecule has 25 heavy (non-hydrogen) atoms. The third kappa shape index (κ3) is 4.76. The highest BCUT2D eigenvalue weighted by molar-refractivity contribution is 7.99. The molecule has 130 valence electrons. The number of rotatable bonds is 6. The van der Waals surface area contributed by atoms with Crippen LogP contribution in [-0.4, -0.2) is 16.6 Å². The van der Waals surface area contributed by atoms with E-state index in [0.717, 1.165) is 29.6 Å². The maximum atomic E-state index is 13.6. The first-order valence-corrected chi connectivity index (χ1v) is 9.56. The van der Waals surface area contributed by atoms with Gasteiger partial charge in [0.25, 0.3) is 0 Å². The van der Waals surface area contributed by atoms with E-state index in [1.165, 1.54) is 16.5 Å². The minimum atomic E-state index is -0.721. The van der Waals surface area contributed by atoms with Gasteiger partial charge in [0.05, 0.1) is 4.70 Å². The van der Waals surface area contributed by atoms with Crippen molar-refractivity contribution in [1.82, 2.24) is 4.98 Å². The first-order chi connectivity index (χ1) is 12.0. The van der Waals surface area contributed by atoms with E-state index >= 15 is 0 Å². The molecule has 0 aliphatic rings. The van der Waals surface area contributed by atoms with Crippen molar-refractivity contribution >= 4 is 44.4 Å². The summed E-state index contributed by atoms with van der Waals surface area (Å²) in [5, 5.41) is 2.94. The molecule has 7 heteroatoms. The number of thiazole rings is 1. The van der Waals surface area contributed by atoms with Gasteiger partial charge in [0, 0.05) is 17.4 Å². The molecule has 1 aromatic heterocycles. The Bertz CT molecular complexity index is 894. The number of amides is 1. The van der Waals surface area contributed by atoms with Crippen LogP contribution >= 0.6 is 23.1 Å². The molecule has 0 aliphatic heterocycles. The largest absolute Gasteiger partial charge is 0.302 e. The number of anilines is 1. The molecule has 0 saturated carbocycles. The van der Waals surface area contributed by atoms with Crippen LogP contribution in [0.2, 0.25) is 0 Å². The van der Waals surface area contributed by atoms with Crippen LogP contribution < -0.4 is 5.32 Å². The summed E-state index contributed by atoms with van der Waals surface area (Å²) in [6, 6.07) is 10.2. The number of aryl methyl sites for hydroxylation is 1. The van der Waals surface area contributed by atoms with Crippen LogP contribution in [-0.2, 0) is 4.79 Å². The van der Waals surface area contributed by atoms with E-state index in [1.807, 2.05) is 6.92 Å². The molecule has 1 N–H and O–H groups in total. The molecule has 1 amide bonds. The second-order valence-corrected chi connectivity index (χ2v) is 7.77. The summed E-state index contributed by atoms with van der Waals surface area (Å²) in [7, 11) is 0. The molecule has 0 fully saturated rings. The van der Waals surface area contributed by atoms with Crippen LogP contribution in [0.1, 0.15) is 18.4 Å². The molecular weight excluding hydrogens is 362 g/mol. The number of hydrogen-bond acceptors (Lipinski definition) is 4. The molecule has 0 spiro atoms. The first kappa shape index (κ1) is 17.8. The molecule has 0 radical (unpaired) electrons. The van der Waals surface area contributed by atoms with Gasteiger partial charge >= 0.3 is 0 Å². The van der Waals surface area contributed by atoms with Gasteiger partial charge in [-0.25, -0.2) is 13.8 Å². The fraction of sp³-hybridized carbons (Fsp3) is 0.222. The molecule has 0 bridgehead atoms. The molecule has 3 aromatic rings. The smallest absolute Gasteiger partial charge is 0.226 e. The predicted molar refractivity (Wildman–Crippen MR) is 99.3 cm³/mol. The van der Waals surface area contributed by atoms with Crippen molar-refractivity contribution in [2.75, 3.05) is 11.1 Å². The van der Waals surface area contributed by atoms with E-state index < -0.39 is 11.6 Å². The van der Waals surface area contributed by atoms with Crippen molar-refractivity contribution in [2.24, 2.45) is 0 Å². The minimum Gasteiger partial charge on any atom is -0.302 e. The topological polar surface area (TPSA) is 42.0 Å². The second kappa shape index (κ2) is 7.93. The number of fused-ring (bicyclic) bond motifs is 1. The number of nitrogens with one attached hydrogen (secondary N) is 1. The van der Waals surface area contributed by atoms with Gasteiger partial charge < -0.3 is 5.32 Å². The van der Waals surface area contributed by atoms with Crippen LogP contribution in [0.25, 0.3) is 10.2 Å². The van der Waals surface area contributed by atoms with Gasteiger partial charge in [0.2, 0.25) is 5.91 Å². The summed E-state index contributed by atoms with van der Waals surface area (Å²) in [6.07, 6.45) is 1.07. The number of halogens is 2. The molecule has 3 rings (SSSR count). The molecule has 1 heterocycles. The van der Waals surface area contributed by atoms with Gasteiger partial charge in [0.15, 0.2) is 10.9 Å². The van der Waals surface area contributed by atoms with Crippen molar-refractivity contribution in [3.63, 3.8) is 0 Å². The van der Waals surface area contributed by atoms with Crippen LogP contribution in [0.5, 0.6) is 0 Å². The van der Waals surface area contributed by atoms with Crippen molar-refractivity contribution in [3.8, 4) is 0 Å². The lowest BCUT2D eigenvalue weighted by Crippen LogP contribution is -2.11. The summed E-state index contributed by atoms with van der Waals surface area (Å²) < 4.78 is 27.2. The SMILES string of the molecule is Cc1ccc(SCCCC(=O)Nc2nc3c(F)cc(F)cc3s2)cc1. The van der Waals surface area contributed by atoms with Crippen LogP contribution in [0.3, 0.4) is 0 Å². The Morgan fingerprint density at radius 1 is 1.24 bits per heavy atom. The first-order valence-electron chi connectivity index (χ1n) is 7.76. The van der Waals surface area contributed by atoms with Gasteiger partial charge in [-0.3, -0.25) is 4.79 Å². The minimum absolute atomic E-state index is 0.0802. The Labute approximate surface area is 152 Å². The summed E-state index contributed by atoms with van der Waals surface area (Å²) in [5.41, 5.74) is 1.30. The zero-order valence-corrected chi connectivity index (χ0v) is 15.1.